The molecule has 0 saturated carbocycles. The summed E-state index contributed by atoms with van der Waals surface area (Å²) in [5.74, 6) is -0.371. The van der Waals surface area contributed by atoms with Gasteiger partial charge < -0.3 is 15.2 Å². The van der Waals surface area contributed by atoms with E-state index in [1.807, 2.05) is 0 Å². The zero-order valence-electron chi connectivity index (χ0n) is 11.1. The second kappa shape index (κ2) is 6.63. The van der Waals surface area contributed by atoms with E-state index in [2.05, 4.69) is 17.2 Å². The Morgan fingerprint density at radius 3 is 3.05 bits per heavy atom. The highest BCUT2D eigenvalue weighted by Crippen LogP contribution is 2.22. The molecule has 1 aliphatic heterocycles. The Morgan fingerprint density at radius 1 is 1.58 bits per heavy atom. The van der Waals surface area contributed by atoms with Crippen LogP contribution in [0, 0.1) is 5.92 Å². The molecule has 2 N–H and O–H groups in total. The Morgan fingerprint density at radius 2 is 2.42 bits per heavy atom. The fraction of sp³-hybridized carbons (Fsp3) is 0.571. The molecule has 2 rings (SSSR count). The summed E-state index contributed by atoms with van der Waals surface area (Å²) < 4.78 is 5.64. The van der Waals surface area contributed by atoms with Gasteiger partial charge in [-0.15, -0.1) is 0 Å². The van der Waals surface area contributed by atoms with Crippen LogP contribution < -0.4 is 5.32 Å². The van der Waals surface area contributed by atoms with Gasteiger partial charge in [-0.25, -0.2) is 4.79 Å². The number of ether oxygens (including phenoxy) is 1. The lowest BCUT2D eigenvalue weighted by molar-refractivity contribution is 0.0696. The van der Waals surface area contributed by atoms with Gasteiger partial charge in [0.15, 0.2) is 0 Å². The first kappa shape index (κ1) is 14.0. The number of hydrogen-bond donors (Lipinski definition) is 2. The Balaban J connectivity index is 1.77. The van der Waals surface area contributed by atoms with Crippen molar-refractivity contribution in [3.05, 3.63) is 29.6 Å². The van der Waals surface area contributed by atoms with Gasteiger partial charge >= 0.3 is 5.97 Å². The molecule has 2 unspecified atom stereocenters. The number of rotatable bonds is 6. The summed E-state index contributed by atoms with van der Waals surface area (Å²) in [4.78, 5) is 14.8. The van der Waals surface area contributed by atoms with Gasteiger partial charge in [0.2, 0.25) is 0 Å². The maximum absolute atomic E-state index is 10.7. The molecule has 19 heavy (non-hydrogen) atoms. The van der Waals surface area contributed by atoms with Crippen LogP contribution in [-0.4, -0.2) is 35.3 Å². The van der Waals surface area contributed by atoms with Crippen LogP contribution in [-0.2, 0) is 11.3 Å². The maximum Gasteiger partial charge on any atom is 0.337 e. The third-order valence-electron chi connectivity index (χ3n) is 3.53. The van der Waals surface area contributed by atoms with E-state index in [0.29, 0.717) is 18.6 Å². The zero-order chi connectivity index (χ0) is 13.7. The van der Waals surface area contributed by atoms with Gasteiger partial charge in [0.05, 0.1) is 17.4 Å². The second-order valence-corrected chi connectivity index (χ2v) is 4.84. The summed E-state index contributed by atoms with van der Waals surface area (Å²) in [6.45, 7) is 4.58. The van der Waals surface area contributed by atoms with E-state index in [1.54, 1.807) is 12.1 Å². The van der Waals surface area contributed by atoms with Crippen molar-refractivity contribution in [3.8, 4) is 0 Å². The fourth-order valence-corrected chi connectivity index (χ4v) is 2.42. The predicted octanol–water partition coefficient (Wildman–Crippen LogP) is 1.68. The standard InChI is InChI=1S/C14H20N2O3/c1-2-13-10(5-6-19-13)7-15-9-12-4-3-11(8-16-12)14(17)18/h3-4,8,10,13,15H,2,5-7,9H2,1H3,(H,17,18). The topological polar surface area (TPSA) is 71.5 Å². The van der Waals surface area contributed by atoms with Crippen LogP contribution >= 0.6 is 0 Å². The van der Waals surface area contributed by atoms with Gasteiger partial charge in [-0.1, -0.05) is 6.92 Å². The highest BCUT2D eigenvalue weighted by molar-refractivity contribution is 5.87. The summed E-state index contributed by atoms with van der Waals surface area (Å²) >= 11 is 0. The summed E-state index contributed by atoms with van der Waals surface area (Å²) in [7, 11) is 0. The van der Waals surface area contributed by atoms with Gasteiger partial charge in [-0.3, -0.25) is 4.98 Å². The molecule has 104 valence electrons. The largest absolute Gasteiger partial charge is 0.478 e. The number of nitrogens with zero attached hydrogens (tertiary/aromatic N) is 1. The van der Waals surface area contributed by atoms with Gasteiger partial charge in [0, 0.05) is 25.9 Å². The lowest BCUT2D eigenvalue weighted by Gasteiger charge is -2.17. The van der Waals surface area contributed by atoms with E-state index in [-0.39, 0.29) is 5.56 Å². The number of hydrogen-bond acceptors (Lipinski definition) is 4. The second-order valence-electron chi connectivity index (χ2n) is 4.84. The predicted molar refractivity (Wildman–Crippen MR) is 71.0 cm³/mol. The minimum absolute atomic E-state index is 0.221. The van der Waals surface area contributed by atoms with Gasteiger partial charge in [0.25, 0.3) is 0 Å². The molecule has 0 radical (unpaired) electrons. The first-order chi connectivity index (χ1) is 9.20. The van der Waals surface area contributed by atoms with Crippen molar-refractivity contribution in [1.82, 2.24) is 10.3 Å². The van der Waals surface area contributed by atoms with Crippen molar-refractivity contribution in [1.29, 1.82) is 0 Å². The molecule has 1 saturated heterocycles. The Kier molecular flexibility index (Phi) is 4.87. The summed E-state index contributed by atoms with van der Waals surface area (Å²) in [6.07, 6.45) is 3.93. The molecule has 2 atom stereocenters. The minimum atomic E-state index is -0.944. The average Bonchev–Trinajstić information content (AvgIpc) is 2.87. The molecule has 0 bridgehead atoms. The van der Waals surface area contributed by atoms with Crippen molar-refractivity contribution in [2.75, 3.05) is 13.2 Å². The van der Waals surface area contributed by atoms with E-state index >= 15 is 0 Å². The maximum atomic E-state index is 10.7. The lowest BCUT2D eigenvalue weighted by atomic mass is 10.00. The highest BCUT2D eigenvalue weighted by atomic mass is 16.5. The molecule has 2 heterocycles. The summed E-state index contributed by atoms with van der Waals surface area (Å²) in [6, 6.07) is 3.33. The molecule has 1 aliphatic rings. The molecule has 0 aromatic carbocycles. The van der Waals surface area contributed by atoms with Gasteiger partial charge in [0.1, 0.15) is 0 Å². The molecule has 1 fully saturated rings. The number of carbonyl (C=O) groups is 1. The minimum Gasteiger partial charge on any atom is -0.478 e. The van der Waals surface area contributed by atoms with Crippen molar-refractivity contribution in [2.45, 2.75) is 32.4 Å². The van der Waals surface area contributed by atoms with Crippen LogP contribution in [0.25, 0.3) is 0 Å². The lowest BCUT2D eigenvalue weighted by Crippen LogP contribution is -2.28. The first-order valence-electron chi connectivity index (χ1n) is 6.71. The summed E-state index contributed by atoms with van der Waals surface area (Å²) in [5, 5.41) is 12.1. The molecule has 5 heteroatoms. The van der Waals surface area contributed by atoms with Crippen LogP contribution in [0.3, 0.4) is 0 Å². The molecule has 5 nitrogen and oxygen atoms in total. The number of nitrogens with one attached hydrogen (secondary N) is 1. The van der Waals surface area contributed by atoms with E-state index in [4.69, 9.17) is 9.84 Å². The van der Waals surface area contributed by atoms with Crippen molar-refractivity contribution >= 4 is 5.97 Å². The van der Waals surface area contributed by atoms with E-state index in [0.717, 1.165) is 31.7 Å². The molecule has 0 amide bonds. The Hall–Kier alpha value is -1.46. The monoisotopic (exact) mass is 264 g/mol. The smallest absolute Gasteiger partial charge is 0.337 e. The van der Waals surface area contributed by atoms with Gasteiger partial charge in [-0.05, 0) is 30.9 Å². The molecule has 0 aliphatic carbocycles. The fourth-order valence-electron chi connectivity index (χ4n) is 2.42. The highest BCUT2D eigenvalue weighted by Gasteiger charge is 2.25. The third-order valence-corrected chi connectivity index (χ3v) is 3.53. The Labute approximate surface area is 113 Å². The zero-order valence-corrected chi connectivity index (χ0v) is 11.1. The SMILES string of the molecule is CCC1OCCC1CNCc1ccc(C(=O)O)cn1. The number of carboxylic acid groups (broad SMARTS) is 1. The number of aromatic nitrogens is 1. The average molecular weight is 264 g/mol. The van der Waals surface area contributed by atoms with Crippen LogP contribution in [0.1, 0.15) is 35.8 Å². The van der Waals surface area contributed by atoms with Crippen LogP contribution in [0.4, 0.5) is 0 Å². The van der Waals surface area contributed by atoms with Crippen LogP contribution in [0.2, 0.25) is 0 Å². The molecular weight excluding hydrogens is 244 g/mol. The number of carboxylic acids is 1. The number of aromatic carboxylic acids is 1. The van der Waals surface area contributed by atoms with Crippen molar-refractivity contribution < 1.29 is 14.6 Å². The summed E-state index contributed by atoms with van der Waals surface area (Å²) in [5.41, 5.74) is 1.08. The van der Waals surface area contributed by atoms with Crippen molar-refractivity contribution in [3.63, 3.8) is 0 Å². The first-order valence-corrected chi connectivity index (χ1v) is 6.71. The quantitative estimate of drug-likeness (QED) is 0.818. The Bertz CT molecular complexity index is 419. The number of pyridine rings is 1. The molecular formula is C14H20N2O3. The van der Waals surface area contributed by atoms with E-state index in [1.165, 1.54) is 6.20 Å². The molecule has 0 spiro atoms. The third kappa shape index (κ3) is 3.75. The van der Waals surface area contributed by atoms with Crippen LogP contribution in [0.15, 0.2) is 18.3 Å². The molecule has 1 aromatic heterocycles. The van der Waals surface area contributed by atoms with E-state index in [9.17, 15) is 4.79 Å². The molecule has 1 aromatic rings. The van der Waals surface area contributed by atoms with Crippen molar-refractivity contribution in [2.24, 2.45) is 5.92 Å². The van der Waals surface area contributed by atoms with Gasteiger partial charge in [-0.2, -0.15) is 0 Å². The normalized spacial score (nSPS) is 22.6. The van der Waals surface area contributed by atoms with E-state index < -0.39 is 5.97 Å². The van der Waals surface area contributed by atoms with Crippen LogP contribution in [0.5, 0.6) is 0 Å².